The molecule has 0 unspecified atom stereocenters. The van der Waals surface area contributed by atoms with E-state index in [4.69, 9.17) is 0 Å². The average Bonchev–Trinajstić information content (AvgIpc) is 3.68. The van der Waals surface area contributed by atoms with Crippen LogP contribution in [0.1, 0.15) is 57.2 Å². The zero-order valence-corrected chi connectivity index (χ0v) is 25.6. The van der Waals surface area contributed by atoms with Gasteiger partial charge in [-0.15, -0.1) is 0 Å². The van der Waals surface area contributed by atoms with Crippen molar-refractivity contribution in [2.75, 3.05) is 11.9 Å². The molecule has 4 N–H and O–H groups in total. The molecule has 1 fully saturated rings. The lowest BCUT2D eigenvalue weighted by Gasteiger charge is -2.28. The van der Waals surface area contributed by atoms with Gasteiger partial charge in [-0.05, 0) is 77.8 Å². The van der Waals surface area contributed by atoms with Gasteiger partial charge in [0.25, 0.3) is 0 Å². The Morgan fingerprint density at radius 1 is 1.05 bits per heavy atom. The van der Waals surface area contributed by atoms with Crippen molar-refractivity contribution < 1.29 is 14.3 Å². The second kappa shape index (κ2) is 12.3. The Labute approximate surface area is 253 Å². The second-order valence-corrected chi connectivity index (χ2v) is 12.7. The van der Waals surface area contributed by atoms with Crippen LogP contribution in [-0.4, -0.2) is 39.5 Å². The molecule has 2 atom stereocenters. The molecule has 43 heavy (non-hydrogen) atoms. The van der Waals surface area contributed by atoms with E-state index in [0.29, 0.717) is 18.8 Å². The normalized spacial score (nSPS) is 15.5. The Bertz CT molecular complexity index is 1550. The lowest BCUT2D eigenvalue weighted by Crippen LogP contribution is -2.49. The number of amides is 1. The first kappa shape index (κ1) is 30.4. The molecule has 0 spiro atoms. The number of rotatable bonds is 11. The van der Waals surface area contributed by atoms with Gasteiger partial charge in [0.15, 0.2) is 5.82 Å². The van der Waals surface area contributed by atoms with Crippen molar-refractivity contribution in [1.82, 2.24) is 20.4 Å². The van der Waals surface area contributed by atoms with E-state index in [-0.39, 0.29) is 22.7 Å². The van der Waals surface area contributed by atoms with Gasteiger partial charge in [0.1, 0.15) is 5.82 Å². The van der Waals surface area contributed by atoms with Gasteiger partial charge < -0.3 is 21.1 Å². The van der Waals surface area contributed by atoms with Gasteiger partial charge >= 0.3 is 0 Å². The van der Waals surface area contributed by atoms with Crippen LogP contribution in [0.4, 0.5) is 15.9 Å². The standard InChI is InChI=1S/C35H42FN5O2/c1-23(42)38-30(32(43)22-37-35(17-18-35)27-8-6-7-26(20-27)34(2,3)4)19-24-9-15-29(16-10-24)39-33-21-31(41(5)40-33)25-11-13-28(36)14-12-25/h6-16,20-21,30,32,37,43H,17-19,22H2,1-5H3,(H,38,42)(H,39,40)/t30-,32-/m0/s1. The number of aliphatic hydroxyl groups is 1. The average molecular weight is 584 g/mol. The van der Waals surface area contributed by atoms with Crippen LogP contribution in [0.3, 0.4) is 0 Å². The molecule has 0 radical (unpaired) electrons. The Hall–Kier alpha value is -4.01. The summed E-state index contributed by atoms with van der Waals surface area (Å²) in [5, 5.41) is 25.6. The first-order valence-electron chi connectivity index (χ1n) is 14.9. The van der Waals surface area contributed by atoms with E-state index < -0.39 is 12.1 Å². The third kappa shape index (κ3) is 7.50. The van der Waals surface area contributed by atoms with Crippen molar-refractivity contribution in [3.63, 3.8) is 0 Å². The van der Waals surface area contributed by atoms with E-state index in [1.807, 2.05) is 37.4 Å². The van der Waals surface area contributed by atoms with Gasteiger partial charge in [0.05, 0.1) is 17.8 Å². The quantitative estimate of drug-likeness (QED) is 0.175. The summed E-state index contributed by atoms with van der Waals surface area (Å²) in [6, 6.07) is 24.4. The molecule has 7 nitrogen and oxygen atoms in total. The zero-order chi connectivity index (χ0) is 30.8. The second-order valence-electron chi connectivity index (χ2n) is 12.7. The summed E-state index contributed by atoms with van der Waals surface area (Å²) in [6.45, 7) is 8.50. The third-order valence-corrected chi connectivity index (χ3v) is 8.24. The van der Waals surface area contributed by atoms with Gasteiger partial charge in [0, 0.05) is 43.4 Å². The number of hydrogen-bond acceptors (Lipinski definition) is 5. The van der Waals surface area contributed by atoms with Crippen molar-refractivity contribution in [1.29, 1.82) is 0 Å². The van der Waals surface area contributed by atoms with Crippen LogP contribution in [-0.2, 0) is 29.2 Å². The molecule has 1 amide bonds. The highest BCUT2D eigenvalue weighted by Crippen LogP contribution is 2.46. The van der Waals surface area contributed by atoms with Crippen LogP contribution in [0.25, 0.3) is 11.3 Å². The minimum absolute atomic E-state index is 0.0672. The maximum Gasteiger partial charge on any atom is 0.217 e. The lowest BCUT2D eigenvalue weighted by molar-refractivity contribution is -0.120. The number of aromatic nitrogens is 2. The predicted octanol–water partition coefficient (Wildman–Crippen LogP) is 5.95. The van der Waals surface area contributed by atoms with Gasteiger partial charge in [-0.3, -0.25) is 9.48 Å². The summed E-state index contributed by atoms with van der Waals surface area (Å²) in [6.07, 6.45) is 1.78. The molecule has 8 heteroatoms. The van der Waals surface area contributed by atoms with Crippen LogP contribution in [0.2, 0.25) is 0 Å². The largest absolute Gasteiger partial charge is 0.390 e. The molecule has 1 aromatic heterocycles. The summed E-state index contributed by atoms with van der Waals surface area (Å²) >= 11 is 0. The summed E-state index contributed by atoms with van der Waals surface area (Å²) in [5.41, 5.74) is 6.09. The van der Waals surface area contributed by atoms with Crippen molar-refractivity contribution >= 4 is 17.4 Å². The van der Waals surface area contributed by atoms with Crippen molar-refractivity contribution in [3.8, 4) is 11.3 Å². The Morgan fingerprint density at radius 3 is 2.37 bits per heavy atom. The van der Waals surface area contributed by atoms with Gasteiger partial charge in [-0.25, -0.2) is 4.39 Å². The predicted molar refractivity (Wildman–Crippen MR) is 170 cm³/mol. The number of nitrogens with zero attached hydrogens (tertiary/aromatic N) is 2. The molecule has 3 aromatic carbocycles. The molecule has 1 saturated carbocycles. The number of halogens is 1. The number of carbonyl (C=O) groups excluding carboxylic acids is 1. The maximum absolute atomic E-state index is 13.3. The Kier molecular flexibility index (Phi) is 8.71. The van der Waals surface area contributed by atoms with Gasteiger partial charge in [0.2, 0.25) is 5.91 Å². The number of aliphatic hydroxyl groups excluding tert-OH is 1. The highest BCUT2D eigenvalue weighted by atomic mass is 19.1. The number of hydrogen-bond donors (Lipinski definition) is 4. The topological polar surface area (TPSA) is 91.2 Å². The SMILES string of the molecule is CC(=O)N[C@@H](Cc1ccc(Nc2cc(-c3ccc(F)cc3)n(C)n2)cc1)[C@@H](O)CNC1(c2cccc(C(C)(C)C)c2)CC1. The smallest absolute Gasteiger partial charge is 0.217 e. The maximum atomic E-state index is 13.3. The van der Waals surface area contributed by atoms with Crippen LogP contribution in [0.5, 0.6) is 0 Å². The summed E-state index contributed by atoms with van der Waals surface area (Å²) in [7, 11) is 1.85. The lowest BCUT2D eigenvalue weighted by atomic mass is 9.85. The summed E-state index contributed by atoms with van der Waals surface area (Å²) in [4.78, 5) is 12.0. The molecule has 0 bridgehead atoms. The van der Waals surface area contributed by atoms with E-state index >= 15 is 0 Å². The molecule has 4 aromatic rings. The molecule has 1 aliphatic rings. The molecule has 5 rings (SSSR count). The number of aryl methyl sites for hydroxylation is 1. The van der Waals surface area contributed by atoms with Crippen LogP contribution in [0.15, 0.2) is 78.9 Å². The number of benzene rings is 3. The van der Waals surface area contributed by atoms with Crippen molar-refractivity contribution in [2.45, 2.75) is 70.1 Å². The highest BCUT2D eigenvalue weighted by molar-refractivity contribution is 5.73. The highest BCUT2D eigenvalue weighted by Gasteiger charge is 2.44. The van der Waals surface area contributed by atoms with Crippen molar-refractivity contribution in [3.05, 3.63) is 101 Å². The first-order valence-corrected chi connectivity index (χ1v) is 14.9. The molecular weight excluding hydrogens is 541 g/mol. The molecule has 1 heterocycles. The van der Waals surface area contributed by atoms with Crippen LogP contribution >= 0.6 is 0 Å². The van der Waals surface area contributed by atoms with Crippen molar-refractivity contribution in [2.24, 2.45) is 7.05 Å². The fourth-order valence-corrected chi connectivity index (χ4v) is 5.51. The van der Waals surface area contributed by atoms with E-state index in [1.54, 1.807) is 16.8 Å². The van der Waals surface area contributed by atoms with E-state index in [0.717, 1.165) is 35.3 Å². The number of nitrogens with one attached hydrogen (secondary N) is 3. The molecule has 1 aliphatic carbocycles. The molecule has 0 saturated heterocycles. The Balaban J connectivity index is 1.21. The van der Waals surface area contributed by atoms with E-state index in [1.165, 1.54) is 30.2 Å². The van der Waals surface area contributed by atoms with Gasteiger partial charge in [-0.2, -0.15) is 5.10 Å². The van der Waals surface area contributed by atoms with Gasteiger partial charge in [-0.1, -0.05) is 57.2 Å². The minimum Gasteiger partial charge on any atom is -0.390 e. The third-order valence-electron chi connectivity index (χ3n) is 8.24. The molecule has 0 aliphatic heterocycles. The summed E-state index contributed by atoms with van der Waals surface area (Å²) < 4.78 is 15.1. The van der Waals surface area contributed by atoms with Crippen LogP contribution in [0, 0.1) is 5.82 Å². The van der Waals surface area contributed by atoms with E-state index in [9.17, 15) is 14.3 Å². The minimum atomic E-state index is -0.761. The fourth-order valence-electron chi connectivity index (χ4n) is 5.51. The van der Waals surface area contributed by atoms with Crippen LogP contribution < -0.4 is 16.0 Å². The molecular formula is C35H42FN5O2. The number of anilines is 2. The zero-order valence-electron chi connectivity index (χ0n) is 25.6. The number of carbonyl (C=O) groups is 1. The molecule has 226 valence electrons. The van der Waals surface area contributed by atoms with E-state index in [2.05, 4.69) is 66.1 Å². The summed E-state index contributed by atoms with van der Waals surface area (Å²) in [5.74, 6) is 0.227. The Morgan fingerprint density at radius 2 is 1.74 bits per heavy atom. The first-order chi connectivity index (χ1) is 20.4. The fraction of sp³-hybridized carbons (Fsp3) is 0.371. The monoisotopic (exact) mass is 583 g/mol.